The van der Waals surface area contributed by atoms with Gasteiger partial charge in [0.05, 0.1) is 0 Å². The first-order valence-electron chi connectivity index (χ1n) is 4.91. The van der Waals surface area contributed by atoms with Crippen LogP contribution in [0.4, 0.5) is 0 Å². The summed E-state index contributed by atoms with van der Waals surface area (Å²) in [6.45, 7) is 4.54. The zero-order valence-corrected chi connectivity index (χ0v) is 7.66. The van der Waals surface area contributed by atoms with Crippen LogP contribution < -0.4 is 0 Å². The Hall–Kier alpha value is 0. The highest BCUT2D eigenvalue weighted by atomic mass is 14.5. The van der Waals surface area contributed by atoms with Crippen LogP contribution in [0.1, 0.15) is 65.2 Å². The van der Waals surface area contributed by atoms with Crippen LogP contribution in [-0.4, -0.2) is 0 Å². The molecule has 0 aliphatic heterocycles. The van der Waals surface area contributed by atoms with Crippen LogP contribution in [0.5, 0.6) is 0 Å². The van der Waals surface area contributed by atoms with E-state index in [9.17, 15) is 0 Å². The molecule has 10 heavy (non-hydrogen) atoms. The summed E-state index contributed by atoms with van der Waals surface area (Å²) in [4.78, 5) is 0. The van der Waals surface area contributed by atoms with E-state index in [1.807, 2.05) is 0 Å². The second kappa shape index (κ2) is 9.00. The highest BCUT2D eigenvalue weighted by Crippen LogP contribution is 2.07. The number of hydrogen-bond donors (Lipinski definition) is 0. The fraction of sp³-hybridized carbons (Fsp3) is 1.00. The van der Waals surface area contributed by atoms with Gasteiger partial charge < -0.3 is 0 Å². The third-order valence-corrected chi connectivity index (χ3v) is 1.96. The van der Waals surface area contributed by atoms with E-state index in [1.54, 1.807) is 0 Å². The van der Waals surface area contributed by atoms with Crippen molar-refractivity contribution in [3.8, 4) is 0 Å². The highest BCUT2D eigenvalue weighted by molar-refractivity contribution is 4.43. The minimum atomic E-state index is 1.37. The molecule has 0 heterocycles. The third-order valence-electron chi connectivity index (χ3n) is 1.96. The molecule has 62 valence electrons. The predicted molar refractivity (Wildman–Crippen MR) is 48.3 cm³/mol. The van der Waals surface area contributed by atoms with Crippen LogP contribution in [0.25, 0.3) is 0 Å². The van der Waals surface area contributed by atoms with Gasteiger partial charge in [-0.2, -0.15) is 0 Å². The fourth-order valence-electron chi connectivity index (χ4n) is 1.21. The maximum absolute atomic E-state index is 2.27. The standard InChI is InChI=1S/C10H22/c1-3-5-7-9-10-8-6-4-2/h3-10H2,1-2H3/i1+2. The first-order valence-corrected chi connectivity index (χ1v) is 4.91. The molecule has 0 rings (SSSR count). The van der Waals surface area contributed by atoms with Crippen molar-refractivity contribution in [2.75, 3.05) is 0 Å². The van der Waals surface area contributed by atoms with Gasteiger partial charge in [0.25, 0.3) is 0 Å². The molecule has 0 nitrogen and oxygen atoms in total. The maximum atomic E-state index is 2.27. The van der Waals surface area contributed by atoms with Crippen molar-refractivity contribution in [3.63, 3.8) is 0 Å². The van der Waals surface area contributed by atoms with E-state index in [0.717, 1.165) is 0 Å². The molecule has 0 aliphatic rings. The Morgan fingerprint density at radius 3 is 1.80 bits per heavy atom. The molecule has 0 saturated heterocycles. The molecule has 0 aliphatic carbocycles. The molecule has 0 fully saturated rings. The predicted octanol–water partition coefficient (Wildman–Crippen LogP) is 4.15. The number of hydrogen-bond acceptors (Lipinski definition) is 0. The molecule has 0 aromatic heterocycles. The molecule has 0 N–H and O–H groups in total. The van der Waals surface area contributed by atoms with Crippen LogP contribution in [0, 0.1) is 0 Å². The summed E-state index contributed by atoms with van der Waals surface area (Å²) in [5, 5.41) is 0. The number of rotatable bonds is 7. The van der Waals surface area contributed by atoms with Crippen molar-refractivity contribution >= 4 is 0 Å². The quantitative estimate of drug-likeness (QED) is 0.471. The first-order chi connectivity index (χ1) is 4.91. The lowest BCUT2D eigenvalue weighted by molar-refractivity contribution is 0.585. The normalized spacial score (nSPS) is 10.2. The summed E-state index contributed by atoms with van der Waals surface area (Å²) in [7, 11) is 0. The Morgan fingerprint density at radius 2 is 1.30 bits per heavy atom. The molecule has 0 amide bonds. The maximum Gasteiger partial charge on any atom is -0.0533 e. The Labute approximate surface area is 66.0 Å². The van der Waals surface area contributed by atoms with Crippen LogP contribution in [0.15, 0.2) is 0 Å². The summed E-state index contributed by atoms with van der Waals surface area (Å²) < 4.78 is 0. The largest absolute Gasteiger partial charge is 0.0654 e. The Kier molecular flexibility index (Phi) is 9.00. The van der Waals surface area contributed by atoms with E-state index >= 15 is 0 Å². The molecule has 0 spiro atoms. The number of unbranched alkanes of at least 4 members (excludes halogenated alkanes) is 7. The molecule has 0 heteroatoms. The van der Waals surface area contributed by atoms with Gasteiger partial charge in [-0.3, -0.25) is 0 Å². The lowest BCUT2D eigenvalue weighted by Gasteiger charge is -1.97. The summed E-state index contributed by atoms with van der Waals surface area (Å²) in [6, 6.07) is 0. The molecular weight excluding hydrogens is 122 g/mol. The van der Waals surface area contributed by atoms with Gasteiger partial charge in [-0.15, -0.1) is 0 Å². The third kappa shape index (κ3) is 8.00. The average molecular weight is 144 g/mol. The highest BCUT2D eigenvalue weighted by Gasteiger charge is 1.87. The van der Waals surface area contributed by atoms with Gasteiger partial charge in [0.15, 0.2) is 0 Å². The summed E-state index contributed by atoms with van der Waals surface area (Å²) in [5.74, 6) is 0. The Morgan fingerprint density at radius 1 is 0.800 bits per heavy atom. The van der Waals surface area contributed by atoms with Crippen LogP contribution in [0.2, 0.25) is 0 Å². The zero-order valence-electron chi connectivity index (χ0n) is 7.66. The molecule has 0 saturated carbocycles. The SMILES string of the molecule is CCCCCCCCC[14CH3]. The summed E-state index contributed by atoms with van der Waals surface area (Å²) in [6.07, 6.45) is 11.5. The van der Waals surface area contributed by atoms with E-state index in [2.05, 4.69) is 13.8 Å². The molecule has 0 radical (unpaired) electrons. The van der Waals surface area contributed by atoms with E-state index in [4.69, 9.17) is 0 Å². The van der Waals surface area contributed by atoms with Gasteiger partial charge in [-0.05, 0) is 0 Å². The lowest BCUT2D eigenvalue weighted by Crippen LogP contribution is -1.77. The summed E-state index contributed by atoms with van der Waals surface area (Å²) in [5.41, 5.74) is 0. The Bertz CT molecular complexity index is 40.0. The van der Waals surface area contributed by atoms with Gasteiger partial charge in [-0.1, -0.05) is 65.2 Å². The topological polar surface area (TPSA) is 0 Å². The van der Waals surface area contributed by atoms with Crippen LogP contribution >= 0.6 is 0 Å². The van der Waals surface area contributed by atoms with Gasteiger partial charge in [-0.25, -0.2) is 0 Å². The van der Waals surface area contributed by atoms with Gasteiger partial charge >= 0.3 is 0 Å². The average Bonchev–Trinajstić information content (AvgIpc) is 1.97. The fourth-order valence-corrected chi connectivity index (χ4v) is 1.21. The first kappa shape index (κ1) is 10.0. The molecular formula is C10H22. The van der Waals surface area contributed by atoms with Crippen molar-refractivity contribution < 1.29 is 0 Å². The van der Waals surface area contributed by atoms with Crippen LogP contribution in [0.3, 0.4) is 0 Å². The minimum Gasteiger partial charge on any atom is -0.0654 e. The Balaban J connectivity index is 2.65. The van der Waals surface area contributed by atoms with Gasteiger partial charge in [0.1, 0.15) is 0 Å². The lowest BCUT2D eigenvalue weighted by atomic mass is 10.1. The van der Waals surface area contributed by atoms with Crippen molar-refractivity contribution in [1.29, 1.82) is 0 Å². The molecule has 0 aromatic rings. The smallest absolute Gasteiger partial charge is 0.0533 e. The van der Waals surface area contributed by atoms with Crippen molar-refractivity contribution in [1.82, 2.24) is 0 Å². The molecule has 0 unspecified atom stereocenters. The van der Waals surface area contributed by atoms with Crippen LogP contribution in [-0.2, 0) is 0 Å². The molecule has 0 aromatic carbocycles. The van der Waals surface area contributed by atoms with Gasteiger partial charge in [0.2, 0.25) is 0 Å². The van der Waals surface area contributed by atoms with Crippen molar-refractivity contribution in [2.45, 2.75) is 65.2 Å². The monoisotopic (exact) mass is 144 g/mol. The van der Waals surface area contributed by atoms with Gasteiger partial charge in [0, 0.05) is 0 Å². The second-order valence-electron chi connectivity index (χ2n) is 3.12. The zero-order chi connectivity index (χ0) is 7.66. The van der Waals surface area contributed by atoms with E-state index < -0.39 is 0 Å². The second-order valence-corrected chi connectivity index (χ2v) is 3.12. The van der Waals surface area contributed by atoms with E-state index in [-0.39, 0.29) is 0 Å². The molecule has 0 atom stereocenters. The van der Waals surface area contributed by atoms with E-state index in [1.165, 1.54) is 51.4 Å². The van der Waals surface area contributed by atoms with E-state index in [0.29, 0.717) is 0 Å². The summed E-state index contributed by atoms with van der Waals surface area (Å²) >= 11 is 0. The van der Waals surface area contributed by atoms with Crippen molar-refractivity contribution in [2.24, 2.45) is 0 Å². The molecule has 0 bridgehead atoms. The minimum absolute atomic E-state index is 1.37. The van der Waals surface area contributed by atoms with Crippen molar-refractivity contribution in [3.05, 3.63) is 0 Å².